The van der Waals surface area contributed by atoms with Crippen molar-refractivity contribution >= 4 is 18.2 Å². The summed E-state index contributed by atoms with van der Waals surface area (Å²) in [7, 11) is -1.46. The molecule has 2 aromatic rings. The number of rotatable bonds is 1. The number of fused-ring (bicyclic) bond motifs is 1. The van der Waals surface area contributed by atoms with Crippen LogP contribution in [-0.4, -0.2) is 31.8 Å². The van der Waals surface area contributed by atoms with E-state index < -0.39 is 7.12 Å². The van der Waals surface area contributed by atoms with Crippen molar-refractivity contribution in [2.24, 2.45) is 0 Å². The zero-order chi connectivity index (χ0) is 9.42. The van der Waals surface area contributed by atoms with Gasteiger partial charge in [0, 0.05) is 6.20 Å². The minimum Gasteiger partial charge on any atom is -0.423 e. The molecule has 0 fully saturated rings. The highest BCUT2D eigenvalue weighted by Crippen LogP contribution is 2.03. The van der Waals surface area contributed by atoms with Crippen LogP contribution in [-0.2, 0) is 0 Å². The third-order valence-electron chi connectivity index (χ3n) is 2.03. The molecular weight excluding hydrogens is 169 g/mol. The van der Waals surface area contributed by atoms with E-state index in [1.165, 1.54) is 0 Å². The maximum atomic E-state index is 9.00. The Morgan fingerprint density at radius 2 is 2.23 bits per heavy atom. The number of nitrogens with zero attached hydrogens (tertiary/aromatic N) is 3. The lowest BCUT2D eigenvalue weighted by molar-refractivity contribution is 0.425. The van der Waals surface area contributed by atoms with Gasteiger partial charge in [0.2, 0.25) is 0 Å². The molecule has 0 aliphatic heterocycles. The minimum atomic E-state index is -1.46. The Kier molecular flexibility index (Phi) is 1.79. The van der Waals surface area contributed by atoms with Crippen molar-refractivity contribution in [3.05, 3.63) is 24.2 Å². The van der Waals surface area contributed by atoms with Gasteiger partial charge in [0.25, 0.3) is 0 Å². The summed E-state index contributed by atoms with van der Waals surface area (Å²) in [6, 6.07) is 1.64. The monoisotopic (exact) mass is 177 g/mol. The molecule has 13 heavy (non-hydrogen) atoms. The largest absolute Gasteiger partial charge is 0.488 e. The molecule has 0 aliphatic rings. The van der Waals surface area contributed by atoms with Crippen LogP contribution in [0.2, 0.25) is 0 Å². The molecule has 0 saturated carbocycles. The highest BCUT2D eigenvalue weighted by Gasteiger charge is 2.16. The molecule has 2 heterocycles. The van der Waals surface area contributed by atoms with E-state index in [-0.39, 0.29) is 0 Å². The van der Waals surface area contributed by atoms with Gasteiger partial charge in [0.15, 0.2) is 5.65 Å². The number of pyridine rings is 1. The zero-order valence-corrected chi connectivity index (χ0v) is 7.05. The first-order chi connectivity index (χ1) is 6.20. The summed E-state index contributed by atoms with van der Waals surface area (Å²) in [4.78, 5) is 0. The van der Waals surface area contributed by atoms with E-state index in [0.29, 0.717) is 11.1 Å². The summed E-state index contributed by atoms with van der Waals surface area (Å²) < 4.78 is 1.72. The first-order valence-corrected chi connectivity index (χ1v) is 3.85. The summed E-state index contributed by atoms with van der Waals surface area (Å²) in [5.41, 5.74) is 1.83. The molecule has 0 aliphatic carbocycles. The van der Waals surface area contributed by atoms with E-state index >= 15 is 0 Å². The summed E-state index contributed by atoms with van der Waals surface area (Å²) >= 11 is 0. The second kappa shape index (κ2) is 2.83. The molecule has 5 nitrogen and oxygen atoms in total. The quantitative estimate of drug-likeness (QED) is 0.532. The van der Waals surface area contributed by atoms with Gasteiger partial charge in [-0.15, -0.1) is 10.2 Å². The average molecular weight is 177 g/mol. The normalized spacial score (nSPS) is 10.7. The standard InChI is InChI=1S/C7H8BN3O2/c1-5-6(8(12)13)2-3-11-4-9-10-7(5)11/h2-4,12-13H,1H3. The molecule has 0 spiro atoms. The highest BCUT2D eigenvalue weighted by molar-refractivity contribution is 6.59. The van der Waals surface area contributed by atoms with Crippen LogP contribution in [0, 0.1) is 6.92 Å². The van der Waals surface area contributed by atoms with Gasteiger partial charge in [-0.3, -0.25) is 4.40 Å². The predicted octanol–water partition coefficient (Wildman–Crippen LogP) is -1.28. The Balaban J connectivity index is 2.73. The van der Waals surface area contributed by atoms with Crippen LogP contribution >= 0.6 is 0 Å². The van der Waals surface area contributed by atoms with E-state index in [0.717, 1.165) is 5.56 Å². The van der Waals surface area contributed by atoms with Crippen LogP contribution in [0.25, 0.3) is 5.65 Å². The highest BCUT2D eigenvalue weighted by atomic mass is 16.4. The van der Waals surface area contributed by atoms with Crippen LogP contribution < -0.4 is 5.46 Å². The van der Waals surface area contributed by atoms with Crippen LogP contribution in [0.3, 0.4) is 0 Å². The Labute approximate surface area is 74.8 Å². The summed E-state index contributed by atoms with van der Waals surface area (Å²) in [6.07, 6.45) is 3.26. The Hall–Kier alpha value is -1.40. The Morgan fingerprint density at radius 3 is 2.92 bits per heavy atom. The molecular formula is C7H8BN3O2. The fourth-order valence-corrected chi connectivity index (χ4v) is 1.31. The van der Waals surface area contributed by atoms with Gasteiger partial charge in [-0.1, -0.05) is 0 Å². The average Bonchev–Trinajstić information content (AvgIpc) is 2.52. The molecule has 0 radical (unpaired) electrons. The van der Waals surface area contributed by atoms with E-state index in [9.17, 15) is 0 Å². The molecule has 0 aromatic carbocycles. The summed E-state index contributed by atoms with van der Waals surface area (Å²) in [5.74, 6) is 0. The van der Waals surface area contributed by atoms with Gasteiger partial charge < -0.3 is 10.0 Å². The zero-order valence-electron chi connectivity index (χ0n) is 7.05. The van der Waals surface area contributed by atoms with E-state index in [2.05, 4.69) is 10.2 Å². The fraction of sp³-hybridized carbons (Fsp3) is 0.143. The first kappa shape index (κ1) is 8.21. The van der Waals surface area contributed by atoms with Gasteiger partial charge in [0.1, 0.15) is 6.33 Å². The number of hydrogen-bond acceptors (Lipinski definition) is 4. The molecule has 0 bridgehead atoms. The van der Waals surface area contributed by atoms with Gasteiger partial charge in [-0.25, -0.2) is 0 Å². The molecule has 2 rings (SSSR count). The van der Waals surface area contributed by atoms with E-state index in [1.807, 2.05) is 0 Å². The lowest BCUT2D eigenvalue weighted by Gasteiger charge is -2.04. The lowest BCUT2D eigenvalue weighted by Crippen LogP contribution is -2.32. The van der Waals surface area contributed by atoms with Crippen molar-refractivity contribution in [2.75, 3.05) is 0 Å². The smallest absolute Gasteiger partial charge is 0.423 e. The molecule has 0 atom stereocenters. The topological polar surface area (TPSA) is 70.7 Å². The second-order valence-electron chi connectivity index (χ2n) is 2.83. The van der Waals surface area contributed by atoms with Crippen molar-refractivity contribution in [3.63, 3.8) is 0 Å². The first-order valence-electron chi connectivity index (χ1n) is 3.85. The molecule has 0 unspecified atom stereocenters. The third kappa shape index (κ3) is 1.20. The molecule has 0 saturated heterocycles. The molecule has 66 valence electrons. The second-order valence-corrected chi connectivity index (χ2v) is 2.83. The maximum absolute atomic E-state index is 9.00. The Bertz CT molecular complexity index is 440. The van der Waals surface area contributed by atoms with Gasteiger partial charge in [-0.05, 0) is 24.0 Å². The minimum absolute atomic E-state index is 0.459. The fourth-order valence-electron chi connectivity index (χ4n) is 1.31. The Morgan fingerprint density at radius 1 is 1.46 bits per heavy atom. The predicted molar refractivity (Wildman–Crippen MR) is 47.5 cm³/mol. The van der Waals surface area contributed by atoms with Crippen LogP contribution in [0.15, 0.2) is 18.6 Å². The SMILES string of the molecule is Cc1c(B(O)O)ccn2cnnc12. The van der Waals surface area contributed by atoms with E-state index in [1.54, 1.807) is 29.9 Å². The van der Waals surface area contributed by atoms with Crippen molar-refractivity contribution in [2.45, 2.75) is 6.92 Å². The number of aryl methyl sites for hydroxylation is 1. The van der Waals surface area contributed by atoms with Crippen LogP contribution in [0.5, 0.6) is 0 Å². The summed E-state index contributed by atoms with van der Waals surface area (Å²) in [5, 5.41) is 25.6. The molecule has 0 amide bonds. The molecule has 2 aromatic heterocycles. The summed E-state index contributed by atoms with van der Waals surface area (Å²) in [6.45, 7) is 1.78. The van der Waals surface area contributed by atoms with Crippen molar-refractivity contribution < 1.29 is 10.0 Å². The van der Waals surface area contributed by atoms with Crippen LogP contribution in [0.1, 0.15) is 5.56 Å². The van der Waals surface area contributed by atoms with Gasteiger partial charge in [0.05, 0.1) is 0 Å². The number of hydrogen-bond donors (Lipinski definition) is 2. The molecule has 2 N–H and O–H groups in total. The van der Waals surface area contributed by atoms with Gasteiger partial charge in [-0.2, -0.15) is 0 Å². The van der Waals surface area contributed by atoms with Crippen LogP contribution in [0.4, 0.5) is 0 Å². The van der Waals surface area contributed by atoms with E-state index in [4.69, 9.17) is 10.0 Å². The van der Waals surface area contributed by atoms with Crippen molar-refractivity contribution in [1.82, 2.24) is 14.6 Å². The van der Waals surface area contributed by atoms with Crippen molar-refractivity contribution in [1.29, 1.82) is 0 Å². The third-order valence-corrected chi connectivity index (χ3v) is 2.03. The van der Waals surface area contributed by atoms with Crippen molar-refractivity contribution in [3.8, 4) is 0 Å². The number of aromatic nitrogens is 3. The maximum Gasteiger partial charge on any atom is 0.488 e. The van der Waals surface area contributed by atoms with Gasteiger partial charge >= 0.3 is 7.12 Å². The molecule has 6 heteroatoms. The lowest BCUT2D eigenvalue weighted by atomic mass is 9.78.